The Kier molecular flexibility index (Phi) is 3.79. The van der Waals surface area contributed by atoms with Gasteiger partial charge in [-0.05, 0) is 31.1 Å². The van der Waals surface area contributed by atoms with Crippen molar-refractivity contribution >= 4 is 11.8 Å². The molecule has 98 valence electrons. The summed E-state index contributed by atoms with van der Waals surface area (Å²) in [5.74, 6) is 0.963. The zero-order chi connectivity index (χ0) is 13.1. The number of hydrogen-bond acceptors (Lipinski definition) is 4. The number of aromatic carboxylic acids is 1. The summed E-state index contributed by atoms with van der Waals surface area (Å²) in [6.07, 6.45) is 6.24. The van der Waals surface area contributed by atoms with E-state index in [1.165, 1.54) is 12.6 Å². The summed E-state index contributed by atoms with van der Waals surface area (Å²) in [6.45, 7) is 4.55. The van der Waals surface area contributed by atoms with Crippen molar-refractivity contribution in [3.05, 3.63) is 18.1 Å². The monoisotopic (exact) mass is 249 g/mol. The molecule has 1 aliphatic carbocycles. The number of anilines is 1. The quantitative estimate of drug-likeness (QED) is 0.860. The van der Waals surface area contributed by atoms with Crippen molar-refractivity contribution in [1.82, 2.24) is 9.97 Å². The first-order valence-corrected chi connectivity index (χ1v) is 6.38. The fourth-order valence-corrected chi connectivity index (χ4v) is 2.43. The Balaban J connectivity index is 2.01. The third-order valence-corrected chi connectivity index (χ3v) is 3.80. The molecule has 3 unspecified atom stereocenters. The van der Waals surface area contributed by atoms with Crippen LogP contribution >= 0.6 is 0 Å². The largest absolute Gasteiger partial charge is 0.476 e. The zero-order valence-corrected chi connectivity index (χ0v) is 10.8. The van der Waals surface area contributed by atoms with Gasteiger partial charge < -0.3 is 10.4 Å². The molecule has 0 amide bonds. The average Bonchev–Trinajstić information content (AvgIpc) is 2.34. The number of rotatable bonds is 3. The summed E-state index contributed by atoms with van der Waals surface area (Å²) in [7, 11) is 0. The highest BCUT2D eigenvalue weighted by Gasteiger charge is 2.24. The van der Waals surface area contributed by atoms with E-state index in [4.69, 9.17) is 5.11 Å². The molecule has 18 heavy (non-hydrogen) atoms. The molecule has 1 heterocycles. The van der Waals surface area contributed by atoms with Crippen LogP contribution in [0, 0.1) is 11.8 Å². The van der Waals surface area contributed by atoms with Crippen LogP contribution in [0.2, 0.25) is 0 Å². The third kappa shape index (κ3) is 2.97. The molecule has 0 aliphatic heterocycles. The molecule has 0 saturated heterocycles. The highest BCUT2D eigenvalue weighted by Crippen LogP contribution is 2.30. The summed E-state index contributed by atoms with van der Waals surface area (Å²) in [4.78, 5) is 18.7. The Bertz CT molecular complexity index is 436. The summed E-state index contributed by atoms with van der Waals surface area (Å²) in [5.41, 5.74) is -0.0165. The highest BCUT2D eigenvalue weighted by molar-refractivity contribution is 5.85. The molecule has 1 aromatic heterocycles. The lowest BCUT2D eigenvalue weighted by molar-refractivity contribution is 0.0690. The van der Waals surface area contributed by atoms with E-state index in [-0.39, 0.29) is 5.69 Å². The summed E-state index contributed by atoms with van der Waals surface area (Å²) in [5, 5.41) is 12.2. The molecule has 0 radical (unpaired) electrons. The van der Waals surface area contributed by atoms with E-state index in [1.54, 1.807) is 6.20 Å². The lowest BCUT2D eigenvalue weighted by atomic mass is 9.79. The van der Waals surface area contributed by atoms with Crippen molar-refractivity contribution in [1.29, 1.82) is 0 Å². The van der Waals surface area contributed by atoms with Crippen LogP contribution in [0.1, 0.15) is 43.6 Å². The normalized spacial score (nSPS) is 27.8. The van der Waals surface area contributed by atoms with Gasteiger partial charge in [-0.1, -0.05) is 13.8 Å². The van der Waals surface area contributed by atoms with Crippen LogP contribution < -0.4 is 5.32 Å². The van der Waals surface area contributed by atoms with Gasteiger partial charge in [0.2, 0.25) is 0 Å². The SMILES string of the molecule is CC1CCC(Nc2cncc(C(=O)O)n2)CC1C. The Morgan fingerprint density at radius 3 is 2.78 bits per heavy atom. The minimum atomic E-state index is -1.04. The Hall–Kier alpha value is -1.65. The smallest absolute Gasteiger partial charge is 0.356 e. The van der Waals surface area contributed by atoms with Crippen molar-refractivity contribution in [2.75, 3.05) is 5.32 Å². The van der Waals surface area contributed by atoms with Gasteiger partial charge in [0.1, 0.15) is 5.82 Å². The predicted octanol–water partition coefficient (Wildman–Crippen LogP) is 2.41. The highest BCUT2D eigenvalue weighted by atomic mass is 16.4. The lowest BCUT2D eigenvalue weighted by Crippen LogP contribution is -2.30. The molecule has 2 rings (SSSR count). The number of nitrogens with one attached hydrogen (secondary N) is 1. The summed E-state index contributed by atoms with van der Waals surface area (Å²) in [6, 6.07) is 0.370. The Labute approximate surface area is 107 Å². The molecular formula is C13H19N3O2. The van der Waals surface area contributed by atoms with Crippen molar-refractivity contribution < 1.29 is 9.90 Å². The number of carbonyl (C=O) groups is 1. The van der Waals surface area contributed by atoms with E-state index in [0.717, 1.165) is 18.8 Å². The van der Waals surface area contributed by atoms with Crippen molar-refractivity contribution in [2.45, 2.75) is 39.2 Å². The molecule has 1 fully saturated rings. The van der Waals surface area contributed by atoms with Crippen LogP contribution in [0.5, 0.6) is 0 Å². The minimum Gasteiger partial charge on any atom is -0.476 e. The van der Waals surface area contributed by atoms with Gasteiger partial charge in [0.15, 0.2) is 5.69 Å². The molecular weight excluding hydrogens is 230 g/mol. The van der Waals surface area contributed by atoms with Crippen LogP contribution in [0.4, 0.5) is 5.82 Å². The number of aromatic nitrogens is 2. The van der Waals surface area contributed by atoms with Crippen LogP contribution in [0.3, 0.4) is 0 Å². The van der Waals surface area contributed by atoms with Crippen LogP contribution in [0.25, 0.3) is 0 Å². The third-order valence-electron chi connectivity index (χ3n) is 3.80. The first kappa shape index (κ1) is 12.8. The van der Waals surface area contributed by atoms with Gasteiger partial charge in [0, 0.05) is 6.04 Å². The predicted molar refractivity (Wildman–Crippen MR) is 68.6 cm³/mol. The second-order valence-electron chi connectivity index (χ2n) is 5.20. The van der Waals surface area contributed by atoms with Gasteiger partial charge in [-0.25, -0.2) is 9.78 Å². The Morgan fingerprint density at radius 1 is 1.33 bits per heavy atom. The van der Waals surface area contributed by atoms with Gasteiger partial charge >= 0.3 is 5.97 Å². The van der Waals surface area contributed by atoms with Gasteiger partial charge in [-0.2, -0.15) is 0 Å². The van der Waals surface area contributed by atoms with E-state index < -0.39 is 5.97 Å². The van der Waals surface area contributed by atoms with E-state index in [0.29, 0.717) is 17.8 Å². The fraction of sp³-hybridized carbons (Fsp3) is 0.615. The minimum absolute atomic E-state index is 0.0165. The zero-order valence-electron chi connectivity index (χ0n) is 10.8. The van der Waals surface area contributed by atoms with E-state index in [9.17, 15) is 4.79 Å². The molecule has 1 saturated carbocycles. The van der Waals surface area contributed by atoms with Gasteiger partial charge in [-0.3, -0.25) is 4.98 Å². The lowest BCUT2D eigenvalue weighted by Gasteiger charge is -2.32. The molecule has 0 aromatic carbocycles. The van der Waals surface area contributed by atoms with Gasteiger partial charge in [0.05, 0.1) is 12.4 Å². The van der Waals surface area contributed by atoms with Crippen molar-refractivity contribution in [3.8, 4) is 0 Å². The van der Waals surface area contributed by atoms with Gasteiger partial charge in [0.25, 0.3) is 0 Å². The first-order chi connectivity index (χ1) is 8.56. The molecule has 3 atom stereocenters. The molecule has 5 nitrogen and oxygen atoms in total. The van der Waals surface area contributed by atoms with Gasteiger partial charge in [-0.15, -0.1) is 0 Å². The van der Waals surface area contributed by atoms with E-state index in [1.807, 2.05) is 0 Å². The second kappa shape index (κ2) is 5.33. The second-order valence-corrected chi connectivity index (χ2v) is 5.20. The fourth-order valence-electron chi connectivity index (χ4n) is 2.43. The maximum absolute atomic E-state index is 10.8. The first-order valence-electron chi connectivity index (χ1n) is 6.38. The van der Waals surface area contributed by atoms with Crippen molar-refractivity contribution in [3.63, 3.8) is 0 Å². The van der Waals surface area contributed by atoms with E-state index in [2.05, 4.69) is 29.1 Å². The number of carboxylic acids is 1. The van der Waals surface area contributed by atoms with Crippen LogP contribution in [0.15, 0.2) is 12.4 Å². The molecule has 1 aliphatic rings. The maximum Gasteiger partial charge on any atom is 0.356 e. The average molecular weight is 249 g/mol. The topological polar surface area (TPSA) is 75.1 Å². The number of hydrogen-bond donors (Lipinski definition) is 2. The maximum atomic E-state index is 10.8. The van der Waals surface area contributed by atoms with Crippen LogP contribution in [-0.2, 0) is 0 Å². The standard InChI is InChI=1S/C13H19N3O2/c1-8-3-4-10(5-9(8)2)15-12-7-14-6-11(16-12)13(17)18/h6-10H,3-5H2,1-2H3,(H,15,16)(H,17,18). The molecule has 2 N–H and O–H groups in total. The number of carboxylic acid groups (broad SMARTS) is 1. The molecule has 5 heteroatoms. The molecule has 0 spiro atoms. The van der Waals surface area contributed by atoms with Crippen molar-refractivity contribution in [2.24, 2.45) is 11.8 Å². The summed E-state index contributed by atoms with van der Waals surface area (Å²) >= 11 is 0. The molecule has 0 bridgehead atoms. The van der Waals surface area contributed by atoms with Crippen LogP contribution in [-0.4, -0.2) is 27.1 Å². The Morgan fingerprint density at radius 2 is 2.11 bits per heavy atom. The number of nitrogens with zero attached hydrogens (tertiary/aromatic N) is 2. The summed E-state index contributed by atoms with van der Waals surface area (Å²) < 4.78 is 0. The van der Waals surface area contributed by atoms with E-state index >= 15 is 0 Å². The molecule has 1 aromatic rings.